The summed E-state index contributed by atoms with van der Waals surface area (Å²) in [5.74, 6) is -70.3. The van der Waals surface area contributed by atoms with Crippen molar-refractivity contribution < 1.29 is 87.8 Å². The Bertz CT molecular complexity index is 2020. The Morgan fingerprint density at radius 3 is 0.750 bits per heavy atom. The molecule has 0 unspecified atom stereocenters. The number of hydrogen-bond acceptors (Lipinski definition) is 1. The number of thiol groups is 1. The van der Waals surface area contributed by atoms with Gasteiger partial charge in [0.2, 0.25) is 0 Å². The SMILES string of the molecule is C[S+](C)Cc1ccccc1S.Fc1c(F)c(F)c([B-](c2c(F)c(F)c(F)c(F)c2F)(c2c(F)c(F)c(F)c(F)c2F)c2c(F)c(F)c(F)c(F)c2F)c(F)c1F. The van der Waals surface area contributed by atoms with E-state index in [2.05, 4.69) is 37.3 Å². The molecule has 0 radical (unpaired) electrons. The Kier molecular flexibility index (Phi) is 12.7. The van der Waals surface area contributed by atoms with Crippen LogP contribution in [-0.4, -0.2) is 18.7 Å². The first-order valence-electron chi connectivity index (χ1n) is 14.4. The number of rotatable bonds is 6. The highest BCUT2D eigenvalue weighted by Crippen LogP contribution is 2.30. The van der Waals surface area contributed by atoms with Crippen molar-refractivity contribution in [3.63, 3.8) is 0 Å². The molecule has 56 heavy (non-hydrogen) atoms. The van der Waals surface area contributed by atoms with Crippen LogP contribution in [0.25, 0.3) is 0 Å². The third-order valence-corrected chi connectivity index (χ3v) is 9.47. The fourth-order valence-corrected chi connectivity index (χ4v) is 7.04. The van der Waals surface area contributed by atoms with Crippen molar-refractivity contribution in [1.82, 2.24) is 0 Å². The van der Waals surface area contributed by atoms with Crippen molar-refractivity contribution in [2.75, 3.05) is 12.5 Å². The standard InChI is InChI=1S/C24BF20.C9H12S2/c26-5-1(6(27)14(35)21(42)13(5)34)25(2-7(28)15(36)22(43)16(37)8(2)29,3-9(30)17(38)23(44)18(39)10(3)31)4-11(32)19(40)24(45)20(41)12(4)33;1-11(2)7-8-5-3-4-6-9(8)10/h;3-6H,7H2,1-2H3/q-1;/p+1. The highest BCUT2D eigenvalue weighted by atomic mass is 32.2. The molecule has 5 aromatic carbocycles. The topological polar surface area (TPSA) is 0 Å². The first kappa shape index (κ1) is 44.2. The van der Waals surface area contributed by atoms with Crippen LogP contribution >= 0.6 is 12.6 Å². The molecule has 0 N–H and O–H groups in total. The summed E-state index contributed by atoms with van der Waals surface area (Å²) in [7, 11) is 0.474. The Hall–Kier alpha value is -4.54. The van der Waals surface area contributed by atoms with Crippen molar-refractivity contribution in [2.24, 2.45) is 0 Å². The lowest BCUT2D eigenvalue weighted by Crippen LogP contribution is -2.81. The Labute approximate surface area is 308 Å². The lowest BCUT2D eigenvalue weighted by molar-refractivity contribution is 0.378. The lowest BCUT2D eigenvalue weighted by atomic mass is 9.12. The van der Waals surface area contributed by atoms with E-state index in [1.807, 2.05) is 12.1 Å². The van der Waals surface area contributed by atoms with Crippen LogP contribution in [0.15, 0.2) is 29.2 Å². The van der Waals surface area contributed by atoms with Gasteiger partial charge in [0.25, 0.3) is 0 Å². The summed E-state index contributed by atoms with van der Waals surface area (Å²) in [5, 5.41) is 0. The smallest absolute Gasteiger partial charge is 0.200 e. The zero-order valence-corrected chi connectivity index (χ0v) is 28.7. The minimum atomic E-state index is -7.22. The average Bonchev–Trinajstić information content (AvgIpc) is 3.15. The van der Waals surface area contributed by atoms with E-state index in [0.29, 0.717) is 10.9 Å². The molecule has 5 rings (SSSR count). The second-order valence-electron chi connectivity index (χ2n) is 11.6. The Balaban J connectivity index is 0.000000544. The quantitative estimate of drug-likeness (QED) is 0.0437. The van der Waals surface area contributed by atoms with Gasteiger partial charge in [0, 0.05) is 10.5 Å². The van der Waals surface area contributed by atoms with Gasteiger partial charge >= 0.3 is 0 Å². The van der Waals surface area contributed by atoms with Gasteiger partial charge in [-0.2, -0.15) is 0 Å². The Morgan fingerprint density at radius 1 is 0.357 bits per heavy atom. The molecule has 0 nitrogen and oxygen atoms in total. The molecule has 0 aliphatic heterocycles. The maximum Gasteiger partial charge on any atom is 0.200 e. The molecular formula is C33H13BF20S2. The van der Waals surface area contributed by atoms with Crippen LogP contribution in [0.3, 0.4) is 0 Å². The predicted octanol–water partition coefficient (Wildman–Crippen LogP) is 8.20. The second-order valence-corrected chi connectivity index (χ2v) is 14.3. The molecule has 0 atom stereocenters. The number of hydrogen-bond donors (Lipinski definition) is 1. The first-order chi connectivity index (χ1) is 25.9. The molecule has 5 aromatic rings. The number of halogens is 20. The van der Waals surface area contributed by atoms with Crippen molar-refractivity contribution in [3.05, 3.63) is 146 Å². The van der Waals surface area contributed by atoms with Gasteiger partial charge in [-0.15, -0.1) is 34.5 Å². The fourth-order valence-electron chi connectivity index (χ4n) is 5.82. The molecule has 0 aromatic heterocycles. The van der Waals surface area contributed by atoms with Gasteiger partial charge in [-0.05, 0) is 17.0 Å². The molecular weight excluding hydrogens is 851 g/mol. The summed E-state index contributed by atoms with van der Waals surface area (Å²) in [4.78, 5) is 1.12. The third-order valence-electron chi connectivity index (χ3n) is 8.14. The average molecular weight is 864 g/mol. The van der Waals surface area contributed by atoms with Gasteiger partial charge in [-0.3, -0.25) is 0 Å². The van der Waals surface area contributed by atoms with Crippen LogP contribution < -0.4 is 21.9 Å². The van der Waals surface area contributed by atoms with E-state index in [-0.39, 0.29) is 0 Å². The summed E-state index contributed by atoms with van der Waals surface area (Å²) in [5.41, 5.74) is -13.0. The summed E-state index contributed by atoms with van der Waals surface area (Å²) < 4.78 is 294. The van der Waals surface area contributed by atoms with Crippen LogP contribution in [0, 0.1) is 116 Å². The molecule has 0 heterocycles. The summed E-state index contributed by atoms with van der Waals surface area (Å²) in [6.07, 6.45) is -2.72. The van der Waals surface area contributed by atoms with Gasteiger partial charge in [-0.1, -0.05) is 18.2 Å². The highest BCUT2D eigenvalue weighted by Gasteiger charge is 2.52. The third kappa shape index (κ3) is 6.83. The van der Waals surface area contributed by atoms with Crippen molar-refractivity contribution in [2.45, 2.75) is 10.6 Å². The van der Waals surface area contributed by atoms with Gasteiger partial charge < -0.3 is 0 Å². The zero-order valence-electron chi connectivity index (χ0n) is 27.0. The van der Waals surface area contributed by atoms with E-state index in [9.17, 15) is 52.7 Å². The fraction of sp³-hybridized carbons (Fsp3) is 0.0909. The molecule has 0 aliphatic carbocycles. The summed E-state index contributed by atoms with van der Waals surface area (Å²) in [6.45, 7) is 0. The first-order valence-corrected chi connectivity index (χ1v) is 17.1. The normalized spacial score (nSPS) is 11.7. The lowest BCUT2D eigenvalue weighted by Gasteiger charge is -2.44. The van der Waals surface area contributed by atoms with E-state index in [0.717, 1.165) is 10.6 Å². The minimum Gasteiger partial charge on any atom is -0.207 e. The zero-order chi connectivity index (χ0) is 42.6. The van der Waals surface area contributed by atoms with E-state index in [4.69, 9.17) is 0 Å². The largest absolute Gasteiger partial charge is 0.207 e. The van der Waals surface area contributed by atoms with Crippen LogP contribution in [-0.2, 0) is 16.6 Å². The van der Waals surface area contributed by atoms with E-state index in [1.165, 1.54) is 5.56 Å². The van der Waals surface area contributed by atoms with E-state index >= 15 is 35.1 Å². The van der Waals surface area contributed by atoms with Crippen LogP contribution in [0.1, 0.15) is 5.56 Å². The second kappa shape index (κ2) is 16.1. The van der Waals surface area contributed by atoms with Crippen LogP contribution in [0.5, 0.6) is 0 Å². The maximum absolute atomic E-state index is 15.4. The van der Waals surface area contributed by atoms with Gasteiger partial charge in [-0.25, -0.2) is 87.8 Å². The summed E-state index contributed by atoms with van der Waals surface area (Å²) in [6, 6.07) is 8.29. The highest BCUT2D eigenvalue weighted by molar-refractivity contribution is 7.94. The van der Waals surface area contributed by atoms with E-state index in [1.54, 1.807) is 0 Å². The molecule has 0 aliphatic rings. The van der Waals surface area contributed by atoms with E-state index < -0.39 is 144 Å². The van der Waals surface area contributed by atoms with Crippen molar-refractivity contribution in [3.8, 4) is 0 Å². The minimum absolute atomic E-state index is 0.474. The monoisotopic (exact) mass is 864 g/mol. The van der Waals surface area contributed by atoms with Gasteiger partial charge in [0.15, 0.2) is 69.8 Å². The molecule has 0 spiro atoms. The van der Waals surface area contributed by atoms with Gasteiger partial charge in [0.05, 0.1) is 12.5 Å². The molecule has 0 saturated heterocycles. The predicted molar refractivity (Wildman–Crippen MR) is 166 cm³/mol. The van der Waals surface area contributed by atoms with Crippen LogP contribution in [0.4, 0.5) is 87.8 Å². The molecule has 0 bridgehead atoms. The molecule has 0 amide bonds. The molecule has 300 valence electrons. The maximum atomic E-state index is 15.4. The van der Waals surface area contributed by atoms with Crippen LogP contribution in [0.2, 0.25) is 0 Å². The van der Waals surface area contributed by atoms with Crippen molar-refractivity contribution in [1.29, 1.82) is 0 Å². The van der Waals surface area contributed by atoms with Gasteiger partial charge in [0.1, 0.15) is 58.4 Å². The molecule has 0 saturated carbocycles. The molecule has 0 fully saturated rings. The molecule has 23 heteroatoms. The van der Waals surface area contributed by atoms with Crippen molar-refractivity contribution >= 4 is 51.5 Å². The Morgan fingerprint density at radius 2 is 0.554 bits per heavy atom. The summed E-state index contributed by atoms with van der Waals surface area (Å²) >= 11 is 4.38. The number of benzene rings is 5.